The number of carbonyl (C=O) groups is 2. The third-order valence-electron chi connectivity index (χ3n) is 3.14. The topological polar surface area (TPSA) is 156 Å². The van der Waals surface area contributed by atoms with E-state index in [-0.39, 0.29) is 12.0 Å². The van der Waals surface area contributed by atoms with Crippen LogP contribution in [0.15, 0.2) is 30.3 Å². The van der Waals surface area contributed by atoms with Gasteiger partial charge in [0.1, 0.15) is 36.3 Å². The lowest BCUT2D eigenvalue weighted by Crippen LogP contribution is -2.51. The van der Waals surface area contributed by atoms with Crippen LogP contribution >= 0.6 is 0 Å². The number of aromatic hydroxyl groups is 1. The Morgan fingerprint density at radius 2 is 1.48 bits per heavy atom. The highest BCUT2D eigenvalue weighted by molar-refractivity contribution is 5.97. The van der Waals surface area contributed by atoms with Crippen LogP contribution in [-0.4, -0.2) is 73.2 Å². The van der Waals surface area contributed by atoms with Crippen LogP contribution in [0.2, 0.25) is 0 Å². The Kier molecular flexibility index (Phi) is 7.01. The smallest absolute Gasteiger partial charge is 0.186 e. The summed E-state index contributed by atoms with van der Waals surface area (Å²) in [7, 11) is 0. The molecule has 1 aromatic carbocycles. The second kappa shape index (κ2) is 8.51. The highest BCUT2D eigenvalue weighted by atomic mass is 16.4. The quantitative estimate of drug-likeness (QED) is 0.236. The zero-order chi connectivity index (χ0) is 17.6. The van der Waals surface area contributed by atoms with Crippen molar-refractivity contribution in [2.45, 2.75) is 30.5 Å². The number of ketones is 1. The Bertz CT molecular complexity index is 553. The Labute approximate surface area is 131 Å². The fraction of sp³-hybridized carbons (Fsp3) is 0.333. The predicted octanol–water partition coefficient (Wildman–Crippen LogP) is -2.02. The molecule has 0 radical (unpaired) electrons. The second-order valence-electron chi connectivity index (χ2n) is 4.87. The number of aliphatic hydroxyl groups is 5. The van der Waals surface area contributed by atoms with E-state index in [0.29, 0.717) is 5.56 Å². The molecule has 1 unspecified atom stereocenters. The lowest BCUT2D eigenvalue weighted by Gasteiger charge is -2.26. The average molecular weight is 326 g/mol. The fourth-order valence-corrected chi connectivity index (χ4v) is 1.70. The monoisotopic (exact) mass is 326 g/mol. The molecule has 0 bridgehead atoms. The van der Waals surface area contributed by atoms with E-state index in [4.69, 9.17) is 10.2 Å². The van der Waals surface area contributed by atoms with Gasteiger partial charge in [-0.15, -0.1) is 0 Å². The summed E-state index contributed by atoms with van der Waals surface area (Å²) in [5.74, 6) is -0.924. The van der Waals surface area contributed by atoms with Crippen LogP contribution in [0, 0.1) is 0 Å². The fourth-order valence-electron chi connectivity index (χ4n) is 1.70. The van der Waals surface area contributed by atoms with Gasteiger partial charge in [-0.3, -0.25) is 4.79 Å². The molecule has 6 N–H and O–H groups in total. The molecule has 0 aromatic heterocycles. The SMILES string of the molecule is O=C[C@H](O)[C@@H](O)[C@H](O)[C@H](O)C(O)C(=O)/C=C/c1ccc(O)cc1. The summed E-state index contributed by atoms with van der Waals surface area (Å²) in [6.45, 7) is 0. The molecule has 0 amide bonds. The number of phenolic OH excluding ortho intramolecular Hbond substituents is 1. The van der Waals surface area contributed by atoms with Crippen molar-refractivity contribution >= 4 is 18.1 Å². The summed E-state index contributed by atoms with van der Waals surface area (Å²) in [6, 6.07) is 5.77. The Balaban J connectivity index is 2.71. The standard InChI is InChI=1S/C15H18O8/c16-7-11(19)13(21)15(23)14(22)12(20)10(18)6-3-8-1-4-9(17)5-2-8/h1-7,11-15,17,19-23H/b6-3+/t11-,12?,13+,14+,15-/m0/s1. The summed E-state index contributed by atoms with van der Waals surface area (Å²) in [5.41, 5.74) is 0.537. The molecule has 8 nitrogen and oxygen atoms in total. The van der Waals surface area contributed by atoms with Gasteiger partial charge in [-0.25, -0.2) is 0 Å². The molecule has 0 aliphatic carbocycles. The minimum atomic E-state index is -2.10. The third-order valence-corrected chi connectivity index (χ3v) is 3.14. The molecule has 0 fully saturated rings. The molecule has 1 rings (SSSR count). The first-order valence-corrected chi connectivity index (χ1v) is 6.64. The van der Waals surface area contributed by atoms with Crippen molar-refractivity contribution in [1.29, 1.82) is 0 Å². The van der Waals surface area contributed by atoms with Crippen LogP contribution in [0.25, 0.3) is 6.08 Å². The molecule has 0 saturated carbocycles. The van der Waals surface area contributed by atoms with Gasteiger partial charge in [0.25, 0.3) is 0 Å². The third kappa shape index (κ3) is 5.23. The maximum absolute atomic E-state index is 11.7. The van der Waals surface area contributed by atoms with E-state index in [9.17, 15) is 30.0 Å². The number of aldehydes is 1. The molecule has 23 heavy (non-hydrogen) atoms. The van der Waals surface area contributed by atoms with Gasteiger partial charge in [0.15, 0.2) is 12.1 Å². The molecular formula is C15H18O8. The summed E-state index contributed by atoms with van der Waals surface area (Å²) >= 11 is 0. The highest BCUT2D eigenvalue weighted by Gasteiger charge is 2.36. The highest BCUT2D eigenvalue weighted by Crippen LogP contribution is 2.12. The lowest BCUT2D eigenvalue weighted by atomic mass is 9.97. The van der Waals surface area contributed by atoms with E-state index in [1.54, 1.807) is 0 Å². The van der Waals surface area contributed by atoms with Crippen molar-refractivity contribution < 1.29 is 40.2 Å². The number of benzene rings is 1. The number of hydrogen-bond acceptors (Lipinski definition) is 8. The van der Waals surface area contributed by atoms with Crippen molar-refractivity contribution in [2.24, 2.45) is 0 Å². The maximum atomic E-state index is 11.7. The molecule has 5 atom stereocenters. The zero-order valence-corrected chi connectivity index (χ0v) is 11.9. The number of phenols is 1. The summed E-state index contributed by atoms with van der Waals surface area (Å²) in [5, 5.41) is 56.3. The first kappa shape index (κ1) is 18.9. The minimum absolute atomic E-state index is 0.0368. The van der Waals surface area contributed by atoms with Gasteiger partial charge in [0.2, 0.25) is 0 Å². The van der Waals surface area contributed by atoms with Gasteiger partial charge >= 0.3 is 0 Å². The Morgan fingerprint density at radius 1 is 0.913 bits per heavy atom. The second-order valence-corrected chi connectivity index (χ2v) is 4.87. The van der Waals surface area contributed by atoms with Crippen molar-refractivity contribution in [1.82, 2.24) is 0 Å². The van der Waals surface area contributed by atoms with Crippen LogP contribution < -0.4 is 0 Å². The van der Waals surface area contributed by atoms with E-state index in [0.717, 1.165) is 6.08 Å². The van der Waals surface area contributed by atoms with E-state index in [1.807, 2.05) is 0 Å². The number of hydrogen-bond donors (Lipinski definition) is 6. The van der Waals surface area contributed by atoms with Crippen LogP contribution in [0.3, 0.4) is 0 Å². The Hall–Kier alpha value is -2.10. The van der Waals surface area contributed by atoms with Crippen molar-refractivity contribution in [3.63, 3.8) is 0 Å². The van der Waals surface area contributed by atoms with Crippen LogP contribution in [0.5, 0.6) is 5.75 Å². The number of rotatable bonds is 8. The van der Waals surface area contributed by atoms with Gasteiger partial charge in [-0.05, 0) is 23.8 Å². The number of carbonyl (C=O) groups excluding carboxylic acids is 2. The molecule has 0 aliphatic rings. The summed E-state index contributed by atoms with van der Waals surface area (Å²) in [4.78, 5) is 22.0. The molecule has 126 valence electrons. The predicted molar refractivity (Wildman–Crippen MR) is 78.2 cm³/mol. The number of aliphatic hydroxyl groups excluding tert-OH is 5. The normalized spacial score (nSPS) is 18.1. The van der Waals surface area contributed by atoms with Crippen LogP contribution in [0.4, 0.5) is 0 Å². The van der Waals surface area contributed by atoms with Crippen molar-refractivity contribution in [3.8, 4) is 5.75 Å². The van der Waals surface area contributed by atoms with Crippen molar-refractivity contribution in [3.05, 3.63) is 35.9 Å². The van der Waals surface area contributed by atoms with Gasteiger partial charge in [0.05, 0.1) is 0 Å². The van der Waals surface area contributed by atoms with Gasteiger partial charge in [-0.1, -0.05) is 18.2 Å². The average Bonchev–Trinajstić information content (AvgIpc) is 2.57. The van der Waals surface area contributed by atoms with Gasteiger partial charge < -0.3 is 35.4 Å². The van der Waals surface area contributed by atoms with E-state index in [2.05, 4.69) is 0 Å². The zero-order valence-electron chi connectivity index (χ0n) is 11.9. The molecule has 0 heterocycles. The lowest BCUT2D eigenvalue weighted by molar-refractivity contribution is -0.152. The first-order chi connectivity index (χ1) is 10.8. The maximum Gasteiger partial charge on any atom is 0.186 e. The molecular weight excluding hydrogens is 308 g/mol. The minimum Gasteiger partial charge on any atom is -0.508 e. The molecule has 0 spiro atoms. The summed E-state index contributed by atoms with van der Waals surface area (Å²) < 4.78 is 0. The van der Waals surface area contributed by atoms with Gasteiger partial charge in [0, 0.05) is 0 Å². The van der Waals surface area contributed by atoms with E-state index >= 15 is 0 Å². The van der Waals surface area contributed by atoms with Gasteiger partial charge in [-0.2, -0.15) is 0 Å². The van der Waals surface area contributed by atoms with Crippen LogP contribution in [0.1, 0.15) is 5.56 Å². The summed E-state index contributed by atoms with van der Waals surface area (Å²) in [6.07, 6.45) is -8.09. The van der Waals surface area contributed by atoms with E-state index in [1.165, 1.54) is 30.3 Å². The largest absolute Gasteiger partial charge is 0.508 e. The van der Waals surface area contributed by atoms with Crippen LogP contribution in [-0.2, 0) is 9.59 Å². The molecule has 0 saturated heterocycles. The van der Waals surface area contributed by atoms with E-state index < -0.39 is 36.3 Å². The molecule has 1 aromatic rings. The molecule has 8 heteroatoms. The molecule has 0 aliphatic heterocycles. The first-order valence-electron chi connectivity index (χ1n) is 6.64. The Morgan fingerprint density at radius 3 is 2.00 bits per heavy atom. The van der Waals surface area contributed by atoms with Crippen molar-refractivity contribution in [2.75, 3.05) is 0 Å².